The van der Waals surface area contributed by atoms with Crippen LogP contribution >= 0.6 is 0 Å². The van der Waals surface area contributed by atoms with E-state index < -0.39 is 0 Å². The van der Waals surface area contributed by atoms with Gasteiger partial charge < -0.3 is 15.4 Å². The molecule has 3 aromatic rings. The molecule has 2 heterocycles. The molecule has 0 unspecified atom stereocenters. The highest BCUT2D eigenvalue weighted by molar-refractivity contribution is 6.02. The summed E-state index contributed by atoms with van der Waals surface area (Å²) in [5.74, 6) is 0.503. The topological polar surface area (TPSA) is 77.0 Å². The fourth-order valence-corrected chi connectivity index (χ4v) is 3.11. The number of aliphatic hydroxyl groups is 1. The Kier molecular flexibility index (Phi) is 4.30. The zero-order valence-electron chi connectivity index (χ0n) is 13.6. The predicted molar refractivity (Wildman–Crippen MR) is 93.2 cm³/mol. The van der Waals surface area contributed by atoms with E-state index in [9.17, 15) is 5.11 Å². The normalized spacial score (nSPS) is 11.3. The Hall–Kier alpha value is -2.40. The molecule has 0 saturated heterocycles. The molecule has 23 heavy (non-hydrogen) atoms. The second kappa shape index (κ2) is 6.38. The van der Waals surface area contributed by atoms with E-state index in [4.69, 9.17) is 5.73 Å². The van der Waals surface area contributed by atoms with Crippen LogP contribution in [0.25, 0.3) is 22.2 Å². The van der Waals surface area contributed by atoms with E-state index >= 15 is 0 Å². The van der Waals surface area contributed by atoms with Gasteiger partial charge in [-0.1, -0.05) is 36.8 Å². The number of aryl methyl sites for hydroxylation is 2. The van der Waals surface area contributed by atoms with Gasteiger partial charge in [-0.3, -0.25) is 0 Å². The average molecular weight is 310 g/mol. The molecule has 3 N–H and O–H groups in total. The van der Waals surface area contributed by atoms with E-state index in [2.05, 4.69) is 52.6 Å². The molecule has 0 bridgehead atoms. The molecule has 120 valence electrons. The predicted octanol–water partition coefficient (Wildman–Crippen LogP) is 2.93. The molecule has 0 spiro atoms. The Bertz CT molecular complexity index is 821. The van der Waals surface area contributed by atoms with Crippen LogP contribution in [0.5, 0.6) is 0 Å². The maximum atomic E-state index is 9.20. The third-order valence-electron chi connectivity index (χ3n) is 4.19. The monoisotopic (exact) mass is 310 g/mol. The number of nitrogens with zero attached hydrogens (tertiary/aromatic N) is 3. The van der Waals surface area contributed by atoms with Crippen molar-refractivity contribution in [2.24, 2.45) is 0 Å². The van der Waals surface area contributed by atoms with E-state index in [1.54, 1.807) is 0 Å². The lowest BCUT2D eigenvalue weighted by atomic mass is 10.0. The van der Waals surface area contributed by atoms with Crippen molar-refractivity contribution in [1.82, 2.24) is 14.5 Å². The van der Waals surface area contributed by atoms with Crippen molar-refractivity contribution in [3.63, 3.8) is 0 Å². The van der Waals surface area contributed by atoms with Crippen molar-refractivity contribution in [3.05, 3.63) is 41.9 Å². The number of aliphatic hydroxyl groups excluding tert-OH is 1. The summed E-state index contributed by atoms with van der Waals surface area (Å²) >= 11 is 0. The van der Waals surface area contributed by atoms with Crippen LogP contribution in [0.3, 0.4) is 0 Å². The van der Waals surface area contributed by atoms with Crippen LogP contribution in [0.2, 0.25) is 0 Å². The van der Waals surface area contributed by atoms with Crippen molar-refractivity contribution >= 4 is 16.9 Å². The minimum Gasteiger partial charge on any atom is -0.396 e. The highest BCUT2D eigenvalue weighted by Crippen LogP contribution is 2.37. The fourth-order valence-electron chi connectivity index (χ4n) is 3.11. The van der Waals surface area contributed by atoms with Crippen LogP contribution in [0.1, 0.15) is 24.6 Å². The number of hydrogen-bond acceptors (Lipinski definition) is 4. The Morgan fingerprint density at radius 3 is 2.57 bits per heavy atom. The Morgan fingerprint density at radius 1 is 1.17 bits per heavy atom. The summed E-state index contributed by atoms with van der Waals surface area (Å²) in [6.07, 6.45) is 3.06. The Labute approximate surface area is 135 Å². The minimum absolute atomic E-state index is 0.156. The molecule has 0 aliphatic heterocycles. The van der Waals surface area contributed by atoms with Gasteiger partial charge in [-0.05, 0) is 25.3 Å². The fraction of sp³-hybridized carbons (Fsp3) is 0.333. The Balaban J connectivity index is 2.32. The second-order valence-corrected chi connectivity index (χ2v) is 5.73. The van der Waals surface area contributed by atoms with Crippen molar-refractivity contribution in [1.29, 1.82) is 0 Å². The number of rotatable bonds is 5. The summed E-state index contributed by atoms with van der Waals surface area (Å²) in [5.41, 5.74) is 11.7. The molecule has 5 heteroatoms. The lowest BCUT2D eigenvalue weighted by molar-refractivity contribution is 0.280. The maximum absolute atomic E-state index is 9.20. The van der Waals surface area contributed by atoms with E-state index in [0.717, 1.165) is 35.1 Å². The number of hydrogen-bond donors (Lipinski definition) is 2. The van der Waals surface area contributed by atoms with Gasteiger partial charge in [0.15, 0.2) is 0 Å². The number of nitrogen functional groups attached to an aromatic ring is 1. The van der Waals surface area contributed by atoms with Gasteiger partial charge in [0, 0.05) is 24.4 Å². The molecule has 0 saturated carbocycles. The van der Waals surface area contributed by atoms with E-state index in [-0.39, 0.29) is 6.61 Å². The number of fused-ring (bicyclic) bond motifs is 1. The van der Waals surface area contributed by atoms with Gasteiger partial charge >= 0.3 is 0 Å². The molecule has 0 atom stereocenters. The van der Waals surface area contributed by atoms with Gasteiger partial charge in [0.05, 0.1) is 5.39 Å². The summed E-state index contributed by atoms with van der Waals surface area (Å²) in [7, 11) is 0. The van der Waals surface area contributed by atoms with Crippen molar-refractivity contribution in [3.8, 4) is 11.1 Å². The van der Waals surface area contributed by atoms with E-state index in [1.165, 1.54) is 17.6 Å². The first-order valence-electron chi connectivity index (χ1n) is 7.96. The van der Waals surface area contributed by atoms with Crippen LogP contribution in [-0.4, -0.2) is 26.2 Å². The number of nitrogens with two attached hydrogens (primary N) is 1. The van der Waals surface area contributed by atoms with Crippen LogP contribution in [-0.2, 0) is 13.0 Å². The molecule has 0 aliphatic carbocycles. The van der Waals surface area contributed by atoms with Crippen LogP contribution in [0.4, 0.5) is 5.82 Å². The van der Waals surface area contributed by atoms with Crippen LogP contribution in [0.15, 0.2) is 30.6 Å². The molecule has 0 aliphatic rings. The van der Waals surface area contributed by atoms with Gasteiger partial charge in [-0.15, -0.1) is 0 Å². The van der Waals surface area contributed by atoms with Gasteiger partial charge in [-0.25, -0.2) is 9.97 Å². The smallest absolute Gasteiger partial charge is 0.146 e. The number of anilines is 1. The van der Waals surface area contributed by atoms with Crippen LogP contribution in [0, 0.1) is 6.92 Å². The summed E-state index contributed by atoms with van der Waals surface area (Å²) in [4.78, 5) is 8.64. The minimum atomic E-state index is 0.156. The third kappa shape index (κ3) is 2.68. The zero-order chi connectivity index (χ0) is 16.4. The standard InChI is InChI=1S/C18H22N4O/c1-3-14-15(13-7-5-12(2)6-8-13)16-17(19)20-11-21-18(16)22(14)9-4-10-23/h5-8,11,23H,3-4,9-10H2,1-2H3,(H2,19,20,21). The number of aromatic nitrogens is 3. The number of benzene rings is 1. The second-order valence-electron chi connectivity index (χ2n) is 5.73. The van der Waals surface area contributed by atoms with Crippen molar-refractivity contribution < 1.29 is 5.11 Å². The van der Waals surface area contributed by atoms with Crippen molar-refractivity contribution in [2.45, 2.75) is 33.2 Å². The molecule has 1 aromatic carbocycles. The van der Waals surface area contributed by atoms with Gasteiger partial charge in [-0.2, -0.15) is 0 Å². The third-order valence-corrected chi connectivity index (χ3v) is 4.19. The zero-order valence-corrected chi connectivity index (χ0v) is 13.6. The molecule has 2 aromatic heterocycles. The lowest BCUT2D eigenvalue weighted by Gasteiger charge is -2.09. The van der Waals surface area contributed by atoms with Crippen LogP contribution < -0.4 is 5.73 Å². The summed E-state index contributed by atoms with van der Waals surface area (Å²) in [6.45, 7) is 5.08. The molecule has 3 rings (SSSR count). The molecule has 0 radical (unpaired) electrons. The van der Waals surface area contributed by atoms with E-state index in [1.807, 2.05) is 0 Å². The summed E-state index contributed by atoms with van der Waals surface area (Å²) in [5, 5.41) is 10.1. The molecule has 0 fully saturated rings. The van der Waals surface area contributed by atoms with E-state index in [0.29, 0.717) is 12.2 Å². The lowest BCUT2D eigenvalue weighted by Crippen LogP contribution is -2.05. The van der Waals surface area contributed by atoms with Gasteiger partial charge in [0.1, 0.15) is 17.8 Å². The molecular formula is C18H22N4O. The largest absolute Gasteiger partial charge is 0.396 e. The SMILES string of the molecule is CCc1c(-c2ccc(C)cc2)c2c(N)ncnc2n1CCCO. The quantitative estimate of drug-likeness (QED) is 0.759. The maximum Gasteiger partial charge on any atom is 0.146 e. The molecule has 0 amide bonds. The molecule has 5 nitrogen and oxygen atoms in total. The summed E-state index contributed by atoms with van der Waals surface area (Å²) < 4.78 is 2.17. The van der Waals surface area contributed by atoms with Crippen molar-refractivity contribution in [2.75, 3.05) is 12.3 Å². The summed E-state index contributed by atoms with van der Waals surface area (Å²) in [6, 6.07) is 8.44. The highest BCUT2D eigenvalue weighted by Gasteiger charge is 2.20. The first-order valence-corrected chi connectivity index (χ1v) is 7.96. The van der Waals surface area contributed by atoms with Gasteiger partial charge in [0.25, 0.3) is 0 Å². The molecular weight excluding hydrogens is 288 g/mol. The first-order chi connectivity index (χ1) is 11.2. The highest BCUT2D eigenvalue weighted by atomic mass is 16.3. The van der Waals surface area contributed by atoms with Gasteiger partial charge in [0.2, 0.25) is 0 Å². The average Bonchev–Trinajstić information content (AvgIpc) is 2.88. The Morgan fingerprint density at radius 2 is 1.91 bits per heavy atom. The first kappa shape index (κ1) is 15.5.